The van der Waals surface area contributed by atoms with Crippen molar-refractivity contribution in [2.24, 2.45) is 0 Å². The van der Waals surface area contributed by atoms with Crippen molar-refractivity contribution in [3.8, 4) is 11.1 Å². The molecule has 3 heterocycles. The molecule has 6 heteroatoms. The lowest BCUT2D eigenvalue weighted by Gasteiger charge is -2.34. The van der Waals surface area contributed by atoms with Crippen LogP contribution in [0.1, 0.15) is 11.1 Å². The minimum absolute atomic E-state index is 0.273. The molecule has 5 rings (SSSR count). The molecule has 0 saturated carbocycles. The molecule has 32 heavy (non-hydrogen) atoms. The SMILES string of the molecule is O=c1cc(-c2cccc(CN3CCN(Cc4ccccc4)CC3)c2)c2cccnc2n1O. The summed E-state index contributed by atoms with van der Waals surface area (Å²) in [6.45, 7) is 6.05. The fourth-order valence-corrected chi connectivity index (χ4v) is 4.42. The Labute approximate surface area is 186 Å². The summed E-state index contributed by atoms with van der Waals surface area (Å²) in [5, 5.41) is 10.8. The number of pyridine rings is 2. The third kappa shape index (κ3) is 4.28. The second kappa shape index (κ2) is 8.94. The average Bonchev–Trinajstić information content (AvgIpc) is 2.83. The van der Waals surface area contributed by atoms with Crippen molar-refractivity contribution in [2.45, 2.75) is 13.1 Å². The Morgan fingerprint density at radius 1 is 0.781 bits per heavy atom. The fraction of sp³-hybridized carbons (Fsp3) is 0.231. The number of piperazine rings is 1. The van der Waals surface area contributed by atoms with Crippen molar-refractivity contribution in [2.75, 3.05) is 26.2 Å². The molecule has 0 unspecified atom stereocenters. The van der Waals surface area contributed by atoms with Gasteiger partial charge in [0.2, 0.25) is 0 Å². The molecule has 162 valence electrons. The van der Waals surface area contributed by atoms with Gasteiger partial charge >= 0.3 is 0 Å². The van der Waals surface area contributed by atoms with E-state index in [0.29, 0.717) is 4.73 Å². The first kappa shape index (κ1) is 20.4. The van der Waals surface area contributed by atoms with Gasteiger partial charge < -0.3 is 5.21 Å². The third-order valence-corrected chi connectivity index (χ3v) is 6.11. The molecule has 0 radical (unpaired) electrons. The zero-order valence-electron chi connectivity index (χ0n) is 17.9. The molecule has 0 spiro atoms. The van der Waals surface area contributed by atoms with Crippen LogP contribution in [-0.4, -0.2) is 50.9 Å². The summed E-state index contributed by atoms with van der Waals surface area (Å²) in [5.41, 5.74) is 4.12. The molecule has 1 saturated heterocycles. The third-order valence-electron chi connectivity index (χ3n) is 6.11. The molecule has 1 N–H and O–H groups in total. The summed E-state index contributed by atoms with van der Waals surface area (Å²) >= 11 is 0. The summed E-state index contributed by atoms with van der Waals surface area (Å²) in [4.78, 5) is 21.4. The smallest absolute Gasteiger partial charge is 0.285 e. The van der Waals surface area contributed by atoms with Crippen LogP contribution in [0, 0.1) is 0 Å². The molecule has 4 aromatic rings. The summed E-state index contributed by atoms with van der Waals surface area (Å²) in [5.74, 6) is 0. The van der Waals surface area contributed by atoms with Crippen molar-refractivity contribution in [3.63, 3.8) is 0 Å². The van der Waals surface area contributed by atoms with Crippen LogP contribution in [0.2, 0.25) is 0 Å². The van der Waals surface area contributed by atoms with Gasteiger partial charge in [-0.2, -0.15) is 0 Å². The van der Waals surface area contributed by atoms with Gasteiger partial charge in [0.05, 0.1) is 0 Å². The normalized spacial score (nSPS) is 15.2. The van der Waals surface area contributed by atoms with Gasteiger partial charge in [-0.05, 0) is 40.5 Å². The number of rotatable bonds is 5. The summed E-state index contributed by atoms with van der Waals surface area (Å²) in [7, 11) is 0. The number of benzene rings is 2. The first-order valence-corrected chi connectivity index (χ1v) is 11.0. The molecule has 1 fully saturated rings. The van der Waals surface area contributed by atoms with Crippen LogP contribution in [0.15, 0.2) is 83.8 Å². The van der Waals surface area contributed by atoms with Crippen LogP contribution in [0.3, 0.4) is 0 Å². The molecule has 6 nitrogen and oxygen atoms in total. The maximum Gasteiger partial charge on any atom is 0.285 e. The van der Waals surface area contributed by atoms with Gasteiger partial charge in [0.15, 0.2) is 5.65 Å². The Balaban J connectivity index is 1.30. The second-order valence-electron chi connectivity index (χ2n) is 8.32. The van der Waals surface area contributed by atoms with E-state index >= 15 is 0 Å². The van der Waals surface area contributed by atoms with Crippen molar-refractivity contribution in [3.05, 3.63) is 100 Å². The van der Waals surface area contributed by atoms with E-state index in [2.05, 4.69) is 57.2 Å². The van der Waals surface area contributed by atoms with Gasteiger partial charge in [0.25, 0.3) is 5.56 Å². The molecule has 1 aliphatic heterocycles. The topological polar surface area (TPSA) is 61.6 Å². The van der Waals surface area contributed by atoms with E-state index in [4.69, 9.17) is 0 Å². The van der Waals surface area contributed by atoms with E-state index in [1.54, 1.807) is 6.20 Å². The first-order valence-electron chi connectivity index (χ1n) is 11.0. The van der Waals surface area contributed by atoms with Gasteiger partial charge in [-0.15, -0.1) is 4.73 Å². The Morgan fingerprint density at radius 2 is 1.47 bits per heavy atom. The predicted molar refractivity (Wildman–Crippen MR) is 126 cm³/mol. The average molecular weight is 427 g/mol. The molecule has 2 aromatic heterocycles. The van der Waals surface area contributed by atoms with Crippen LogP contribution < -0.4 is 5.56 Å². The molecule has 0 bridgehead atoms. The van der Waals surface area contributed by atoms with Crippen LogP contribution in [0.4, 0.5) is 0 Å². The molecular weight excluding hydrogens is 400 g/mol. The van der Waals surface area contributed by atoms with E-state index in [1.807, 2.05) is 24.3 Å². The molecular formula is C26H26N4O2. The first-order chi connectivity index (χ1) is 15.7. The van der Waals surface area contributed by atoms with E-state index in [-0.39, 0.29) is 5.65 Å². The van der Waals surface area contributed by atoms with Gasteiger partial charge in [0.1, 0.15) is 0 Å². The van der Waals surface area contributed by atoms with Crippen molar-refractivity contribution >= 4 is 11.0 Å². The highest BCUT2D eigenvalue weighted by Gasteiger charge is 2.18. The Bertz CT molecular complexity index is 1280. The van der Waals surface area contributed by atoms with E-state index in [1.165, 1.54) is 17.2 Å². The fourth-order valence-electron chi connectivity index (χ4n) is 4.42. The monoisotopic (exact) mass is 426 g/mol. The molecule has 0 aliphatic carbocycles. The zero-order chi connectivity index (χ0) is 21.9. The second-order valence-corrected chi connectivity index (χ2v) is 8.32. The van der Waals surface area contributed by atoms with Crippen molar-refractivity contribution in [1.82, 2.24) is 19.5 Å². The maximum absolute atomic E-state index is 12.3. The molecule has 0 amide bonds. The van der Waals surface area contributed by atoms with Crippen molar-refractivity contribution < 1.29 is 5.21 Å². The number of nitrogens with zero attached hydrogens (tertiary/aromatic N) is 4. The van der Waals surface area contributed by atoms with E-state index < -0.39 is 5.56 Å². The quantitative estimate of drug-likeness (QED) is 0.494. The molecule has 2 aromatic carbocycles. The van der Waals surface area contributed by atoms with Crippen LogP contribution in [0.25, 0.3) is 22.2 Å². The van der Waals surface area contributed by atoms with Gasteiger partial charge in [0, 0.05) is 56.9 Å². The largest absolute Gasteiger partial charge is 0.423 e. The Morgan fingerprint density at radius 3 is 2.22 bits per heavy atom. The number of fused-ring (bicyclic) bond motifs is 1. The highest BCUT2D eigenvalue weighted by molar-refractivity contribution is 5.92. The van der Waals surface area contributed by atoms with Crippen molar-refractivity contribution in [1.29, 1.82) is 0 Å². The lowest BCUT2D eigenvalue weighted by Crippen LogP contribution is -2.45. The maximum atomic E-state index is 12.3. The standard InChI is InChI=1S/C26H26N4O2/c31-25-17-24(23-10-5-11-27-26(23)30(25)32)22-9-4-8-21(16-22)19-29-14-12-28(13-15-29)18-20-6-2-1-3-7-20/h1-11,16-17,32H,12-15,18-19H2. The Kier molecular flexibility index (Phi) is 5.71. The van der Waals surface area contributed by atoms with E-state index in [0.717, 1.165) is 55.8 Å². The predicted octanol–water partition coefficient (Wildman–Crippen LogP) is 3.62. The van der Waals surface area contributed by atoms with Gasteiger partial charge in [-0.3, -0.25) is 14.6 Å². The lowest BCUT2D eigenvalue weighted by atomic mass is 10.0. The van der Waals surface area contributed by atoms with Crippen LogP contribution in [0.5, 0.6) is 0 Å². The van der Waals surface area contributed by atoms with Crippen LogP contribution >= 0.6 is 0 Å². The minimum atomic E-state index is -0.480. The minimum Gasteiger partial charge on any atom is -0.423 e. The number of hydrogen-bond donors (Lipinski definition) is 1. The summed E-state index contributed by atoms with van der Waals surface area (Å²) in [6.07, 6.45) is 1.58. The van der Waals surface area contributed by atoms with E-state index in [9.17, 15) is 10.0 Å². The van der Waals surface area contributed by atoms with Gasteiger partial charge in [-0.25, -0.2) is 4.98 Å². The lowest BCUT2D eigenvalue weighted by molar-refractivity contribution is 0.122. The number of aromatic nitrogens is 2. The highest BCUT2D eigenvalue weighted by Crippen LogP contribution is 2.27. The molecule has 1 aliphatic rings. The number of hydrogen-bond acceptors (Lipinski definition) is 5. The Hall–Kier alpha value is -3.48. The van der Waals surface area contributed by atoms with Gasteiger partial charge in [-0.1, -0.05) is 48.5 Å². The zero-order valence-corrected chi connectivity index (χ0v) is 17.9. The highest BCUT2D eigenvalue weighted by atomic mass is 16.5. The molecule has 0 atom stereocenters. The summed E-state index contributed by atoms with van der Waals surface area (Å²) in [6, 6.07) is 24.1. The summed E-state index contributed by atoms with van der Waals surface area (Å²) < 4.78 is 0.609. The van der Waals surface area contributed by atoms with Crippen LogP contribution in [-0.2, 0) is 13.1 Å².